The summed E-state index contributed by atoms with van der Waals surface area (Å²) in [7, 11) is 0. The second-order valence-electron chi connectivity index (χ2n) is 5.69. The highest BCUT2D eigenvalue weighted by Crippen LogP contribution is 2.13. The summed E-state index contributed by atoms with van der Waals surface area (Å²) >= 11 is 1.60. The van der Waals surface area contributed by atoms with Crippen LogP contribution in [0.2, 0.25) is 0 Å². The molecule has 0 radical (unpaired) electrons. The fourth-order valence-corrected chi connectivity index (χ4v) is 3.00. The number of thiophene rings is 1. The number of carbonyl (C=O) groups excluding carboxylic acids is 2. The second-order valence-corrected chi connectivity index (χ2v) is 6.72. The Kier molecular flexibility index (Phi) is 5.76. The van der Waals surface area contributed by atoms with Crippen LogP contribution in [0, 0.1) is 5.82 Å². The minimum Gasteiger partial charge on any atom is -0.351 e. The molecule has 2 aromatic carbocycles. The van der Waals surface area contributed by atoms with Gasteiger partial charge < -0.3 is 10.6 Å². The van der Waals surface area contributed by atoms with Crippen LogP contribution in [-0.4, -0.2) is 11.8 Å². The van der Waals surface area contributed by atoms with Gasteiger partial charge in [0.15, 0.2) is 0 Å². The molecule has 0 aliphatic carbocycles. The van der Waals surface area contributed by atoms with Crippen LogP contribution in [0.15, 0.2) is 66.0 Å². The summed E-state index contributed by atoms with van der Waals surface area (Å²) in [5.74, 6) is -0.754. The summed E-state index contributed by atoms with van der Waals surface area (Å²) in [4.78, 5) is 25.2. The van der Waals surface area contributed by atoms with Crippen molar-refractivity contribution in [3.05, 3.63) is 87.9 Å². The van der Waals surface area contributed by atoms with Gasteiger partial charge in [-0.25, -0.2) is 4.39 Å². The number of nitrogens with one attached hydrogen (secondary N) is 2. The predicted molar refractivity (Wildman–Crippen MR) is 101 cm³/mol. The van der Waals surface area contributed by atoms with Crippen molar-refractivity contribution in [1.29, 1.82) is 0 Å². The highest BCUT2D eigenvalue weighted by Gasteiger charge is 2.07. The smallest absolute Gasteiger partial charge is 0.255 e. The van der Waals surface area contributed by atoms with Gasteiger partial charge in [0, 0.05) is 16.1 Å². The quantitative estimate of drug-likeness (QED) is 0.691. The average molecular weight is 368 g/mol. The van der Waals surface area contributed by atoms with Crippen molar-refractivity contribution in [1.82, 2.24) is 5.32 Å². The molecule has 0 saturated heterocycles. The van der Waals surface area contributed by atoms with Crippen LogP contribution in [0.3, 0.4) is 0 Å². The molecule has 2 N–H and O–H groups in total. The van der Waals surface area contributed by atoms with E-state index in [2.05, 4.69) is 10.6 Å². The minimum absolute atomic E-state index is 0.0542. The van der Waals surface area contributed by atoms with E-state index >= 15 is 0 Å². The molecule has 0 unspecified atom stereocenters. The molecule has 0 aliphatic rings. The molecule has 132 valence electrons. The third kappa shape index (κ3) is 5.00. The number of halogens is 1. The molecule has 1 heterocycles. The lowest BCUT2D eigenvalue weighted by Crippen LogP contribution is -2.24. The van der Waals surface area contributed by atoms with Crippen molar-refractivity contribution in [3.63, 3.8) is 0 Å². The Hall–Kier alpha value is -2.99. The zero-order chi connectivity index (χ0) is 18.4. The van der Waals surface area contributed by atoms with Crippen LogP contribution in [0.1, 0.15) is 20.8 Å². The summed E-state index contributed by atoms with van der Waals surface area (Å²) in [5, 5.41) is 7.59. The van der Waals surface area contributed by atoms with Crippen LogP contribution in [0.4, 0.5) is 10.1 Å². The second kappa shape index (κ2) is 8.40. The first-order chi connectivity index (χ1) is 12.6. The van der Waals surface area contributed by atoms with Crippen LogP contribution < -0.4 is 10.6 Å². The van der Waals surface area contributed by atoms with E-state index in [1.54, 1.807) is 35.6 Å². The van der Waals surface area contributed by atoms with Gasteiger partial charge in [-0.1, -0.05) is 18.2 Å². The normalized spacial score (nSPS) is 10.3. The van der Waals surface area contributed by atoms with Crippen molar-refractivity contribution in [2.24, 2.45) is 0 Å². The molecule has 2 amide bonds. The molecule has 0 spiro atoms. The first-order valence-corrected chi connectivity index (χ1v) is 8.93. The lowest BCUT2D eigenvalue weighted by Gasteiger charge is -2.07. The maximum atomic E-state index is 12.9. The van der Waals surface area contributed by atoms with Crippen molar-refractivity contribution < 1.29 is 14.0 Å². The van der Waals surface area contributed by atoms with Crippen molar-refractivity contribution in [3.8, 4) is 0 Å². The van der Waals surface area contributed by atoms with Gasteiger partial charge in [0.1, 0.15) is 5.82 Å². The molecular formula is C20H17FN2O2S. The molecule has 0 atom stereocenters. The fourth-order valence-electron chi connectivity index (χ4n) is 2.36. The largest absolute Gasteiger partial charge is 0.351 e. The molecule has 0 aliphatic heterocycles. The van der Waals surface area contributed by atoms with E-state index in [1.165, 1.54) is 24.3 Å². The Bertz CT molecular complexity index is 875. The molecule has 3 rings (SSSR count). The Morgan fingerprint density at radius 3 is 2.35 bits per heavy atom. The van der Waals surface area contributed by atoms with E-state index in [-0.39, 0.29) is 24.1 Å². The lowest BCUT2D eigenvalue weighted by atomic mass is 10.1. The van der Waals surface area contributed by atoms with E-state index in [1.807, 2.05) is 17.5 Å². The molecule has 26 heavy (non-hydrogen) atoms. The van der Waals surface area contributed by atoms with Crippen LogP contribution in [0.25, 0.3) is 0 Å². The van der Waals surface area contributed by atoms with E-state index in [0.29, 0.717) is 17.8 Å². The zero-order valence-electron chi connectivity index (χ0n) is 13.9. The third-order valence-corrected chi connectivity index (χ3v) is 4.60. The number of anilines is 1. The van der Waals surface area contributed by atoms with Gasteiger partial charge in [0.2, 0.25) is 5.91 Å². The molecule has 6 heteroatoms. The fraction of sp³-hybridized carbons (Fsp3) is 0.100. The predicted octanol–water partition coefficient (Wildman–Crippen LogP) is 4.00. The summed E-state index contributed by atoms with van der Waals surface area (Å²) < 4.78 is 12.9. The van der Waals surface area contributed by atoms with Crippen LogP contribution in [-0.2, 0) is 17.8 Å². The average Bonchev–Trinajstić information content (AvgIpc) is 3.16. The molecular weight excluding hydrogens is 351 g/mol. The molecule has 0 bridgehead atoms. The number of hydrogen-bond donors (Lipinski definition) is 2. The topological polar surface area (TPSA) is 58.2 Å². The number of benzene rings is 2. The maximum absolute atomic E-state index is 12.9. The molecule has 0 saturated carbocycles. The Morgan fingerprint density at radius 2 is 1.69 bits per heavy atom. The Labute approximate surface area is 154 Å². The molecule has 3 aromatic rings. The summed E-state index contributed by atoms with van der Waals surface area (Å²) in [6.45, 7) is 0.530. The van der Waals surface area contributed by atoms with Gasteiger partial charge in [-0.05, 0) is 53.4 Å². The van der Waals surface area contributed by atoms with Gasteiger partial charge in [-0.2, -0.15) is 0 Å². The number of amides is 2. The number of hydrogen-bond acceptors (Lipinski definition) is 3. The van der Waals surface area contributed by atoms with Crippen LogP contribution >= 0.6 is 11.3 Å². The lowest BCUT2D eigenvalue weighted by molar-refractivity contribution is -0.120. The van der Waals surface area contributed by atoms with E-state index in [4.69, 9.17) is 0 Å². The minimum atomic E-state index is -0.386. The first-order valence-electron chi connectivity index (χ1n) is 8.05. The molecule has 1 aromatic heterocycles. The molecule has 0 fully saturated rings. The van der Waals surface area contributed by atoms with Crippen molar-refractivity contribution in [2.45, 2.75) is 13.0 Å². The zero-order valence-corrected chi connectivity index (χ0v) is 14.7. The highest BCUT2D eigenvalue weighted by molar-refractivity contribution is 7.09. The van der Waals surface area contributed by atoms with Crippen LogP contribution in [0.5, 0.6) is 0 Å². The number of rotatable bonds is 6. The summed E-state index contributed by atoms with van der Waals surface area (Å²) in [6.07, 6.45) is 0.275. The van der Waals surface area contributed by atoms with E-state index in [9.17, 15) is 14.0 Å². The summed E-state index contributed by atoms with van der Waals surface area (Å²) in [5.41, 5.74) is 1.85. The van der Waals surface area contributed by atoms with Gasteiger partial charge in [-0.15, -0.1) is 11.3 Å². The first kappa shape index (κ1) is 17.8. The SMILES string of the molecule is O=C(Cc1ccc(NC(=O)c2ccc(F)cc2)cc1)NCc1cccs1. The summed E-state index contributed by atoms with van der Waals surface area (Å²) in [6, 6.07) is 16.3. The third-order valence-electron chi connectivity index (χ3n) is 3.72. The monoisotopic (exact) mass is 368 g/mol. The maximum Gasteiger partial charge on any atom is 0.255 e. The standard InChI is InChI=1S/C20H17FN2O2S/c21-16-7-5-15(6-8-16)20(25)23-17-9-3-14(4-10-17)12-19(24)22-13-18-2-1-11-26-18/h1-11H,12-13H2,(H,22,24)(H,23,25). The van der Waals surface area contributed by atoms with Gasteiger partial charge in [0.05, 0.1) is 13.0 Å². The number of carbonyl (C=O) groups is 2. The molecule has 4 nitrogen and oxygen atoms in total. The van der Waals surface area contributed by atoms with Crippen molar-refractivity contribution in [2.75, 3.05) is 5.32 Å². The van der Waals surface area contributed by atoms with Crippen molar-refractivity contribution >= 4 is 28.8 Å². The Morgan fingerprint density at radius 1 is 0.962 bits per heavy atom. The Balaban J connectivity index is 1.52. The van der Waals surface area contributed by atoms with E-state index in [0.717, 1.165) is 10.4 Å². The van der Waals surface area contributed by atoms with Gasteiger partial charge >= 0.3 is 0 Å². The van der Waals surface area contributed by atoms with Gasteiger partial charge in [-0.3, -0.25) is 9.59 Å². The van der Waals surface area contributed by atoms with E-state index < -0.39 is 0 Å². The highest BCUT2D eigenvalue weighted by atomic mass is 32.1. The van der Waals surface area contributed by atoms with Gasteiger partial charge in [0.25, 0.3) is 5.91 Å².